The first-order chi connectivity index (χ1) is 14.1. The van der Waals surface area contributed by atoms with Crippen molar-refractivity contribution in [1.82, 2.24) is 9.88 Å². The second kappa shape index (κ2) is 8.68. The van der Waals surface area contributed by atoms with Crippen LogP contribution in [0.2, 0.25) is 0 Å². The van der Waals surface area contributed by atoms with Crippen LogP contribution in [0.1, 0.15) is 5.56 Å². The number of para-hydroxylation sites is 1. The van der Waals surface area contributed by atoms with Crippen LogP contribution in [0.3, 0.4) is 0 Å². The van der Waals surface area contributed by atoms with Gasteiger partial charge in [-0.25, -0.2) is 0 Å². The number of aliphatic hydroxyl groups is 1. The van der Waals surface area contributed by atoms with E-state index >= 15 is 0 Å². The Bertz CT molecular complexity index is 1030. The summed E-state index contributed by atoms with van der Waals surface area (Å²) in [5.74, 6) is 0.688. The van der Waals surface area contributed by atoms with E-state index in [2.05, 4.69) is 46.0 Å². The number of fused-ring (bicyclic) bond motifs is 1. The van der Waals surface area contributed by atoms with Gasteiger partial charge in [0, 0.05) is 55.4 Å². The molecule has 0 aliphatic carbocycles. The number of β-amino-alcohol motifs (C(OH)–C–C–N with tert-alkyl or cyclic N) is 1. The normalized spacial score (nSPS) is 16.1. The first-order valence-electron chi connectivity index (χ1n) is 10.1. The number of nitrogens with one attached hydrogen (secondary N) is 1. The zero-order chi connectivity index (χ0) is 20.2. The third kappa shape index (κ3) is 4.78. The summed E-state index contributed by atoms with van der Waals surface area (Å²) in [7, 11) is 0. The fourth-order valence-electron chi connectivity index (χ4n) is 3.85. The first kappa shape index (κ1) is 19.5. The number of ether oxygens (including phenoxy) is 1. The van der Waals surface area contributed by atoms with E-state index < -0.39 is 6.10 Å². The molecule has 2 aromatic carbocycles. The molecule has 2 N–H and O–H groups in total. The van der Waals surface area contributed by atoms with Gasteiger partial charge in [0.25, 0.3) is 0 Å². The Hall–Kier alpha value is -2.83. The molecule has 6 heteroatoms. The van der Waals surface area contributed by atoms with Crippen LogP contribution in [0.4, 0.5) is 5.69 Å². The van der Waals surface area contributed by atoms with Crippen LogP contribution in [0.25, 0.3) is 10.9 Å². The molecule has 0 radical (unpaired) electrons. The lowest BCUT2D eigenvalue weighted by molar-refractivity contribution is 0.0663. The van der Waals surface area contributed by atoms with E-state index in [4.69, 9.17) is 4.74 Å². The number of piperazine rings is 1. The molecular weight excluding hydrogens is 366 g/mol. The van der Waals surface area contributed by atoms with E-state index in [1.165, 1.54) is 17.3 Å². The van der Waals surface area contributed by atoms with Gasteiger partial charge in [-0.15, -0.1) is 0 Å². The Morgan fingerprint density at radius 3 is 2.66 bits per heavy atom. The van der Waals surface area contributed by atoms with E-state index in [-0.39, 0.29) is 12.2 Å². The van der Waals surface area contributed by atoms with Crippen LogP contribution < -0.4 is 15.2 Å². The Balaban J connectivity index is 1.26. The average molecular weight is 393 g/mol. The van der Waals surface area contributed by atoms with Gasteiger partial charge in [0.05, 0.1) is 0 Å². The van der Waals surface area contributed by atoms with Gasteiger partial charge in [-0.1, -0.05) is 18.2 Å². The lowest BCUT2D eigenvalue weighted by Crippen LogP contribution is -2.49. The number of aromatic nitrogens is 1. The van der Waals surface area contributed by atoms with Crippen LogP contribution in [0, 0.1) is 6.92 Å². The maximum absolute atomic E-state index is 11.4. The SMILES string of the molecule is Cc1ccccc1N1CCN(CC(O)COc2ccc3[nH]c(=O)ccc3c2)CC1. The van der Waals surface area contributed by atoms with Crippen molar-refractivity contribution in [3.63, 3.8) is 0 Å². The third-order valence-corrected chi connectivity index (χ3v) is 5.43. The highest BCUT2D eigenvalue weighted by molar-refractivity contribution is 5.79. The quantitative estimate of drug-likeness (QED) is 0.673. The second-order valence-electron chi connectivity index (χ2n) is 7.61. The van der Waals surface area contributed by atoms with Crippen molar-refractivity contribution in [2.45, 2.75) is 13.0 Å². The van der Waals surface area contributed by atoms with Gasteiger partial charge in [-0.2, -0.15) is 0 Å². The number of aliphatic hydroxyl groups excluding tert-OH is 1. The molecule has 1 fully saturated rings. The molecule has 2 heterocycles. The van der Waals surface area contributed by atoms with Crippen molar-refractivity contribution in [2.24, 2.45) is 0 Å². The standard InChI is InChI=1S/C23H27N3O3/c1-17-4-2-3-5-22(17)26-12-10-25(11-13-26)15-19(27)16-29-20-7-8-21-18(14-20)6-9-23(28)24-21/h2-9,14,19,27H,10-13,15-16H2,1H3,(H,24,28). The minimum atomic E-state index is -0.550. The summed E-state index contributed by atoms with van der Waals surface area (Å²) < 4.78 is 5.77. The Kier molecular flexibility index (Phi) is 5.83. The summed E-state index contributed by atoms with van der Waals surface area (Å²) in [5, 5.41) is 11.3. The summed E-state index contributed by atoms with van der Waals surface area (Å²) in [6.07, 6.45) is -0.550. The molecule has 0 saturated carbocycles. The van der Waals surface area contributed by atoms with Gasteiger partial charge in [0.15, 0.2) is 0 Å². The molecule has 6 nitrogen and oxygen atoms in total. The predicted octanol–water partition coefficient (Wildman–Crippen LogP) is 2.40. The zero-order valence-electron chi connectivity index (χ0n) is 16.7. The number of hydrogen-bond donors (Lipinski definition) is 2. The van der Waals surface area contributed by atoms with Crippen molar-refractivity contribution < 1.29 is 9.84 Å². The summed E-state index contributed by atoms with van der Waals surface area (Å²) in [4.78, 5) is 18.8. The van der Waals surface area contributed by atoms with E-state index in [1.54, 1.807) is 6.07 Å². The van der Waals surface area contributed by atoms with Gasteiger partial charge >= 0.3 is 0 Å². The smallest absolute Gasteiger partial charge is 0.248 e. The molecular formula is C23H27N3O3. The number of aromatic amines is 1. The molecule has 0 bridgehead atoms. The predicted molar refractivity (Wildman–Crippen MR) is 116 cm³/mol. The largest absolute Gasteiger partial charge is 0.491 e. The maximum Gasteiger partial charge on any atom is 0.248 e. The van der Waals surface area contributed by atoms with E-state index in [9.17, 15) is 9.90 Å². The molecule has 29 heavy (non-hydrogen) atoms. The fourth-order valence-corrected chi connectivity index (χ4v) is 3.85. The van der Waals surface area contributed by atoms with Crippen molar-refractivity contribution in [3.05, 3.63) is 70.5 Å². The molecule has 1 aromatic heterocycles. The molecule has 0 spiro atoms. The van der Waals surface area contributed by atoms with E-state index in [1.807, 2.05) is 18.2 Å². The number of pyridine rings is 1. The molecule has 1 saturated heterocycles. The number of rotatable bonds is 6. The highest BCUT2D eigenvalue weighted by Gasteiger charge is 2.20. The van der Waals surface area contributed by atoms with Crippen molar-refractivity contribution in [1.29, 1.82) is 0 Å². The van der Waals surface area contributed by atoms with Crippen molar-refractivity contribution in [3.8, 4) is 5.75 Å². The lowest BCUT2D eigenvalue weighted by Gasteiger charge is -2.37. The minimum Gasteiger partial charge on any atom is -0.491 e. The number of benzene rings is 2. The van der Waals surface area contributed by atoms with Crippen molar-refractivity contribution >= 4 is 16.6 Å². The number of anilines is 1. The molecule has 3 aromatic rings. The second-order valence-corrected chi connectivity index (χ2v) is 7.61. The molecule has 1 unspecified atom stereocenters. The number of H-pyrrole nitrogens is 1. The summed E-state index contributed by atoms with van der Waals surface area (Å²) in [5.41, 5.74) is 3.25. The van der Waals surface area contributed by atoms with Crippen LogP contribution >= 0.6 is 0 Å². The van der Waals surface area contributed by atoms with Gasteiger partial charge in [-0.3, -0.25) is 9.69 Å². The van der Waals surface area contributed by atoms with Crippen LogP contribution in [-0.4, -0.2) is 60.4 Å². The minimum absolute atomic E-state index is 0.121. The Labute approximate surface area is 170 Å². The highest BCUT2D eigenvalue weighted by Crippen LogP contribution is 2.21. The topological polar surface area (TPSA) is 68.8 Å². The van der Waals surface area contributed by atoms with Gasteiger partial charge < -0.3 is 19.7 Å². The van der Waals surface area contributed by atoms with Crippen LogP contribution in [-0.2, 0) is 0 Å². The van der Waals surface area contributed by atoms with E-state index in [0.717, 1.165) is 37.1 Å². The molecule has 152 valence electrons. The summed E-state index contributed by atoms with van der Waals surface area (Å²) in [6, 6.07) is 17.2. The fraction of sp³-hybridized carbons (Fsp3) is 0.348. The Morgan fingerprint density at radius 1 is 1.07 bits per heavy atom. The molecule has 1 aliphatic heterocycles. The van der Waals surface area contributed by atoms with Gasteiger partial charge in [0.2, 0.25) is 5.56 Å². The zero-order valence-corrected chi connectivity index (χ0v) is 16.7. The lowest BCUT2D eigenvalue weighted by atomic mass is 10.1. The van der Waals surface area contributed by atoms with Gasteiger partial charge in [0.1, 0.15) is 18.5 Å². The van der Waals surface area contributed by atoms with Gasteiger partial charge in [-0.05, 0) is 42.8 Å². The number of hydrogen-bond acceptors (Lipinski definition) is 5. The third-order valence-electron chi connectivity index (χ3n) is 5.43. The highest BCUT2D eigenvalue weighted by atomic mass is 16.5. The first-order valence-corrected chi connectivity index (χ1v) is 10.1. The summed E-state index contributed by atoms with van der Waals surface area (Å²) >= 11 is 0. The van der Waals surface area contributed by atoms with Crippen LogP contribution in [0.5, 0.6) is 5.75 Å². The molecule has 1 aliphatic rings. The maximum atomic E-state index is 11.4. The molecule has 0 amide bonds. The number of nitrogens with zero attached hydrogens (tertiary/aromatic N) is 2. The van der Waals surface area contributed by atoms with Crippen molar-refractivity contribution in [2.75, 3.05) is 44.2 Å². The van der Waals surface area contributed by atoms with Crippen LogP contribution in [0.15, 0.2) is 59.4 Å². The Morgan fingerprint density at radius 2 is 1.86 bits per heavy atom. The summed E-state index contributed by atoms with van der Waals surface area (Å²) in [6.45, 7) is 6.76. The van der Waals surface area contributed by atoms with E-state index in [0.29, 0.717) is 12.3 Å². The molecule has 1 atom stereocenters. The average Bonchev–Trinajstić information content (AvgIpc) is 2.73. The monoisotopic (exact) mass is 393 g/mol. The number of aryl methyl sites for hydroxylation is 1. The molecule has 4 rings (SSSR count).